The molecule has 4 heteroatoms. The molecule has 1 aromatic rings. The van der Waals surface area contributed by atoms with Crippen LogP contribution in [0.3, 0.4) is 0 Å². The smallest absolute Gasteiger partial charge is 0.261 e. The number of halogens is 3. The summed E-state index contributed by atoms with van der Waals surface area (Å²) in [5, 5.41) is 0. The van der Waals surface area contributed by atoms with Gasteiger partial charge in [-0.1, -0.05) is 0 Å². The van der Waals surface area contributed by atoms with Gasteiger partial charge in [0.05, 0.1) is 5.56 Å². The van der Waals surface area contributed by atoms with Crippen LogP contribution < -0.4 is 0 Å². The number of hydrogen-bond donors (Lipinski definition) is 0. The average molecular weight is 200 g/mol. The Bertz CT molecular complexity index is 353. The van der Waals surface area contributed by atoms with Crippen molar-refractivity contribution >= 4 is 0 Å². The van der Waals surface area contributed by atoms with E-state index in [0.717, 1.165) is 18.9 Å². The van der Waals surface area contributed by atoms with Crippen LogP contribution in [0.2, 0.25) is 0 Å². The van der Waals surface area contributed by atoms with Crippen LogP contribution in [0.1, 0.15) is 35.6 Å². The fourth-order valence-electron chi connectivity index (χ4n) is 1.48. The molecule has 1 radical (unpaired) electrons. The zero-order valence-electron chi connectivity index (χ0n) is 7.43. The van der Waals surface area contributed by atoms with E-state index in [1.807, 2.05) is 0 Å². The summed E-state index contributed by atoms with van der Waals surface area (Å²) >= 11 is 0. The lowest BCUT2D eigenvalue weighted by atomic mass is 10.1. The molecule has 1 heterocycles. The third-order valence-corrected chi connectivity index (χ3v) is 2.36. The lowest BCUT2D eigenvalue weighted by Crippen LogP contribution is -2.09. The summed E-state index contributed by atoms with van der Waals surface area (Å²) in [6.07, 6.45) is -1.25. The van der Waals surface area contributed by atoms with Gasteiger partial charge in [0.15, 0.2) is 0 Å². The fraction of sp³-hybridized carbons (Fsp3) is 0.400. The highest BCUT2D eigenvalue weighted by molar-refractivity contribution is 5.38. The predicted octanol–water partition coefficient (Wildman–Crippen LogP) is 3.16. The number of nitrogens with zero attached hydrogens (tertiary/aromatic N) is 1. The van der Waals surface area contributed by atoms with Gasteiger partial charge in [0.25, 0.3) is 0 Å². The molecular weight excluding hydrogens is 191 g/mol. The van der Waals surface area contributed by atoms with Gasteiger partial charge in [-0.3, -0.25) is 4.98 Å². The van der Waals surface area contributed by atoms with Gasteiger partial charge in [0.2, 0.25) is 0 Å². The maximum atomic E-state index is 12.4. The van der Waals surface area contributed by atoms with Crippen LogP contribution in [-0.4, -0.2) is 4.98 Å². The molecule has 75 valence electrons. The zero-order valence-corrected chi connectivity index (χ0v) is 7.43. The number of rotatable bonds is 1. The monoisotopic (exact) mass is 200 g/mol. The molecule has 0 amide bonds. The van der Waals surface area contributed by atoms with Crippen LogP contribution in [0, 0.1) is 6.92 Å². The van der Waals surface area contributed by atoms with Crippen LogP contribution in [0.5, 0.6) is 0 Å². The third kappa shape index (κ3) is 1.61. The first-order chi connectivity index (χ1) is 6.50. The molecule has 0 N–H and O–H groups in total. The summed E-state index contributed by atoms with van der Waals surface area (Å²) in [7, 11) is 0. The SMILES string of the molecule is [CH2]c1c(C(F)(F)F)ccnc1C1CC1. The Morgan fingerprint density at radius 3 is 2.50 bits per heavy atom. The predicted molar refractivity (Wildman–Crippen MR) is 45.7 cm³/mol. The van der Waals surface area contributed by atoms with Gasteiger partial charge >= 0.3 is 6.18 Å². The highest BCUT2D eigenvalue weighted by Gasteiger charge is 2.36. The molecule has 0 spiro atoms. The van der Waals surface area contributed by atoms with Crippen molar-refractivity contribution in [3.63, 3.8) is 0 Å². The molecule has 1 nitrogen and oxygen atoms in total. The van der Waals surface area contributed by atoms with Gasteiger partial charge in [0.1, 0.15) is 0 Å². The minimum atomic E-state index is -4.32. The maximum Gasteiger partial charge on any atom is 0.416 e. The van der Waals surface area contributed by atoms with E-state index in [-0.39, 0.29) is 11.5 Å². The molecule has 1 aliphatic rings. The summed E-state index contributed by atoms with van der Waals surface area (Å²) in [4.78, 5) is 3.95. The second-order valence-corrected chi connectivity index (χ2v) is 3.49. The molecule has 0 bridgehead atoms. The molecule has 1 aromatic heterocycles. The Morgan fingerprint density at radius 2 is 2.00 bits per heavy atom. The maximum absolute atomic E-state index is 12.4. The molecule has 0 saturated heterocycles. The second kappa shape index (κ2) is 2.97. The number of pyridine rings is 1. The molecule has 0 aromatic carbocycles. The highest BCUT2D eigenvalue weighted by Crippen LogP contribution is 2.43. The van der Waals surface area contributed by atoms with Crippen molar-refractivity contribution in [1.82, 2.24) is 4.98 Å². The van der Waals surface area contributed by atoms with E-state index < -0.39 is 11.7 Å². The Kier molecular flexibility index (Phi) is 2.01. The minimum absolute atomic E-state index is 0.0440. The van der Waals surface area contributed by atoms with Crippen LogP contribution >= 0.6 is 0 Å². The second-order valence-electron chi connectivity index (χ2n) is 3.49. The largest absolute Gasteiger partial charge is 0.416 e. The molecule has 0 unspecified atom stereocenters. The summed E-state index contributed by atoms with van der Waals surface area (Å²) in [6.45, 7) is 3.47. The molecule has 0 atom stereocenters. The Labute approximate surface area is 80.0 Å². The third-order valence-electron chi connectivity index (χ3n) is 2.36. The molecular formula is C10H9F3N. The van der Waals surface area contributed by atoms with Crippen LogP contribution in [0.4, 0.5) is 13.2 Å². The molecule has 1 fully saturated rings. The number of alkyl halides is 3. The van der Waals surface area contributed by atoms with Crippen molar-refractivity contribution in [1.29, 1.82) is 0 Å². The molecule has 2 rings (SSSR count). The van der Waals surface area contributed by atoms with E-state index in [9.17, 15) is 13.2 Å². The molecule has 14 heavy (non-hydrogen) atoms. The first-order valence-electron chi connectivity index (χ1n) is 4.38. The van der Waals surface area contributed by atoms with Crippen molar-refractivity contribution in [3.8, 4) is 0 Å². The fourth-order valence-corrected chi connectivity index (χ4v) is 1.48. The van der Waals surface area contributed by atoms with Gasteiger partial charge < -0.3 is 0 Å². The van der Waals surface area contributed by atoms with Crippen LogP contribution in [0.15, 0.2) is 12.3 Å². The number of hydrogen-bond acceptors (Lipinski definition) is 1. The van der Waals surface area contributed by atoms with Gasteiger partial charge in [0, 0.05) is 17.8 Å². The van der Waals surface area contributed by atoms with E-state index in [4.69, 9.17) is 0 Å². The van der Waals surface area contributed by atoms with Crippen molar-refractivity contribution < 1.29 is 13.2 Å². The van der Waals surface area contributed by atoms with Crippen molar-refractivity contribution in [2.24, 2.45) is 0 Å². The van der Waals surface area contributed by atoms with Gasteiger partial charge in [-0.15, -0.1) is 0 Å². The van der Waals surface area contributed by atoms with Crippen LogP contribution in [-0.2, 0) is 6.18 Å². The standard InChI is InChI=1S/C10H9F3N/c1-6-8(10(11,12)13)4-5-14-9(6)7-2-3-7/h4-5,7H,1-3H2. The van der Waals surface area contributed by atoms with Gasteiger partial charge in [-0.2, -0.15) is 13.2 Å². The van der Waals surface area contributed by atoms with Gasteiger partial charge in [-0.05, 0) is 31.4 Å². The van der Waals surface area contributed by atoms with Crippen molar-refractivity contribution in [2.75, 3.05) is 0 Å². The Hall–Kier alpha value is -1.06. The summed E-state index contributed by atoms with van der Waals surface area (Å²) in [6, 6.07) is 0.980. The minimum Gasteiger partial charge on any atom is -0.261 e. The van der Waals surface area contributed by atoms with Crippen LogP contribution in [0.25, 0.3) is 0 Å². The normalized spacial score (nSPS) is 17.1. The molecule has 1 aliphatic carbocycles. The Balaban J connectivity index is 2.46. The topological polar surface area (TPSA) is 12.9 Å². The highest BCUT2D eigenvalue weighted by atomic mass is 19.4. The molecule has 0 aliphatic heterocycles. The van der Waals surface area contributed by atoms with Crippen molar-refractivity contribution in [3.05, 3.63) is 36.0 Å². The van der Waals surface area contributed by atoms with E-state index in [0.29, 0.717) is 5.69 Å². The quantitative estimate of drug-likeness (QED) is 0.678. The van der Waals surface area contributed by atoms with Gasteiger partial charge in [-0.25, -0.2) is 0 Å². The van der Waals surface area contributed by atoms with E-state index in [1.54, 1.807) is 0 Å². The summed E-state index contributed by atoms with van der Waals surface area (Å²) < 4.78 is 37.3. The Morgan fingerprint density at radius 1 is 1.36 bits per heavy atom. The van der Waals surface area contributed by atoms with E-state index in [1.165, 1.54) is 6.20 Å². The number of aromatic nitrogens is 1. The first-order valence-corrected chi connectivity index (χ1v) is 4.38. The lowest BCUT2D eigenvalue weighted by Gasteiger charge is -2.12. The average Bonchev–Trinajstić information content (AvgIpc) is 2.85. The lowest BCUT2D eigenvalue weighted by molar-refractivity contribution is -0.138. The van der Waals surface area contributed by atoms with E-state index >= 15 is 0 Å². The van der Waals surface area contributed by atoms with Crippen molar-refractivity contribution in [2.45, 2.75) is 24.9 Å². The first kappa shape index (κ1) is 9.49. The summed E-state index contributed by atoms with van der Waals surface area (Å²) in [5.74, 6) is 0.199. The van der Waals surface area contributed by atoms with E-state index in [2.05, 4.69) is 11.9 Å². The molecule has 1 saturated carbocycles. The zero-order chi connectivity index (χ0) is 10.3. The summed E-state index contributed by atoms with van der Waals surface area (Å²) in [5.41, 5.74) is -0.100.